The van der Waals surface area contributed by atoms with E-state index in [4.69, 9.17) is 0 Å². The quantitative estimate of drug-likeness (QED) is 0.648. The number of anilines is 1. The zero-order valence-electron chi connectivity index (χ0n) is 13.0. The van der Waals surface area contributed by atoms with Gasteiger partial charge < -0.3 is 10.2 Å². The summed E-state index contributed by atoms with van der Waals surface area (Å²) in [7, 11) is 1.61. The molecule has 2 rings (SSSR count). The number of nitrogens with zero attached hydrogens (tertiary/aromatic N) is 4. The molecular weight excluding hydrogens is 298 g/mol. The number of nitriles is 1. The molecule has 1 heterocycles. The van der Waals surface area contributed by atoms with Crippen LogP contribution in [0.1, 0.15) is 12.0 Å². The van der Waals surface area contributed by atoms with Gasteiger partial charge in [-0.25, -0.2) is 0 Å². The summed E-state index contributed by atoms with van der Waals surface area (Å²) in [5.41, 5.74) is 0.931. The number of carbonyl (C=O) groups excluding carboxylic acids is 1. The van der Waals surface area contributed by atoms with Gasteiger partial charge in [-0.2, -0.15) is 5.26 Å². The van der Waals surface area contributed by atoms with Gasteiger partial charge in [0.1, 0.15) is 6.07 Å². The van der Waals surface area contributed by atoms with E-state index in [0.717, 1.165) is 19.5 Å². The first-order chi connectivity index (χ1) is 11.0. The molecule has 0 radical (unpaired) electrons. The SMILES string of the molecule is CNC(=O)CN1CCCN(c2ccc([N+](=O)[O-])cc2C#N)CC1. The summed E-state index contributed by atoms with van der Waals surface area (Å²) in [6.45, 7) is 3.28. The number of non-ortho nitro benzene ring substituents is 1. The highest BCUT2D eigenvalue weighted by Crippen LogP contribution is 2.25. The monoisotopic (exact) mass is 317 g/mol. The summed E-state index contributed by atoms with van der Waals surface area (Å²) in [5.74, 6) is -0.0218. The molecule has 1 amide bonds. The molecule has 1 fully saturated rings. The lowest BCUT2D eigenvalue weighted by Gasteiger charge is -2.24. The van der Waals surface area contributed by atoms with Crippen LogP contribution < -0.4 is 10.2 Å². The number of benzene rings is 1. The van der Waals surface area contributed by atoms with Crippen LogP contribution in [0.3, 0.4) is 0 Å². The molecule has 0 saturated carbocycles. The second-order valence-corrected chi connectivity index (χ2v) is 5.36. The average Bonchev–Trinajstić information content (AvgIpc) is 2.79. The van der Waals surface area contributed by atoms with Crippen LogP contribution in [0.25, 0.3) is 0 Å². The molecule has 8 heteroatoms. The number of hydrogen-bond acceptors (Lipinski definition) is 6. The second-order valence-electron chi connectivity index (χ2n) is 5.36. The van der Waals surface area contributed by atoms with Crippen molar-refractivity contribution in [2.24, 2.45) is 0 Å². The average molecular weight is 317 g/mol. The van der Waals surface area contributed by atoms with Crippen molar-refractivity contribution in [1.82, 2.24) is 10.2 Å². The number of amides is 1. The first-order valence-electron chi connectivity index (χ1n) is 7.41. The lowest BCUT2D eigenvalue weighted by molar-refractivity contribution is -0.384. The summed E-state index contributed by atoms with van der Waals surface area (Å²) in [5, 5.41) is 22.7. The minimum atomic E-state index is -0.502. The van der Waals surface area contributed by atoms with Crippen molar-refractivity contribution < 1.29 is 9.72 Å². The van der Waals surface area contributed by atoms with E-state index in [0.29, 0.717) is 30.9 Å². The standard InChI is InChI=1S/C15H19N5O3/c1-17-15(21)11-18-5-2-6-19(8-7-18)14-4-3-13(20(22)23)9-12(14)10-16/h3-4,9H,2,5-8,11H2,1H3,(H,17,21). The van der Waals surface area contributed by atoms with Gasteiger partial charge in [-0.05, 0) is 12.5 Å². The number of likely N-dealkylation sites (N-methyl/N-ethyl adjacent to an activating group) is 1. The van der Waals surface area contributed by atoms with Crippen molar-refractivity contribution >= 4 is 17.3 Å². The van der Waals surface area contributed by atoms with Crippen LogP contribution in [0.4, 0.5) is 11.4 Å². The Morgan fingerprint density at radius 2 is 2.17 bits per heavy atom. The third-order valence-corrected chi connectivity index (χ3v) is 3.89. The van der Waals surface area contributed by atoms with E-state index >= 15 is 0 Å². The highest BCUT2D eigenvalue weighted by Gasteiger charge is 2.20. The zero-order valence-corrected chi connectivity index (χ0v) is 13.0. The zero-order chi connectivity index (χ0) is 16.8. The molecule has 1 aromatic rings. The maximum atomic E-state index is 11.5. The molecule has 1 N–H and O–H groups in total. The van der Waals surface area contributed by atoms with E-state index in [2.05, 4.69) is 10.2 Å². The van der Waals surface area contributed by atoms with Gasteiger partial charge in [0.25, 0.3) is 5.69 Å². The van der Waals surface area contributed by atoms with E-state index in [1.165, 1.54) is 12.1 Å². The molecule has 1 aliphatic rings. The van der Waals surface area contributed by atoms with Crippen molar-refractivity contribution in [3.63, 3.8) is 0 Å². The van der Waals surface area contributed by atoms with Gasteiger partial charge in [0.15, 0.2) is 0 Å². The Morgan fingerprint density at radius 1 is 1.39 bits per heavy atom. The van der Waals surface area contributed by atoms with Crippen LogP contribution in [-0.2, 0) is 4.79 Å². The lowest BCUT2D eigenvalue weighted by Crippen LogP contribution is -2.38. The van der Waals surface area contributed by atoms with E-state index in [9.17, 15) is 20.2 Å². The van der Waals surface area contributed by atoms with Gasteiger partial charge >= 0.3 is 0 Å². The topological polar surface area (TPSA) is 103 Å². The molecule has 0 bridgehead atoms. The smallest absolute Gasteiger partial charge is 0.270 e. The Balaban J connectivity index is 2.12. The first-order valence-corrected chi connectivity index (χ1v) is 7.41. The van der Waals surface area contributed by atoms with E-state index < -0.39 is 4.92 Å². The van der Waals surface area contributed by atoms with Gasteiger partial charge in [0, 0.05) is 45.4 Å². The Bertz CT molecular complexity index is 640. The van der Waals surface area contributed by atoms with Crippen molar-refractivity contribution in [2.45, 2.75) is 6.42 Å². The van der Waals surface area contributed by atoms with E-state index in [1.54, 1.807) is 13.1 Å². The van der Waals surface area contributed by atoms with Crippen molar-refractivity contribution in [3.05, 3.63) is 33.9 Å². The molecule has 1 saturated heterocycles. The van der Waals surface area contributed by atoms with Gasteiger partial charge in [-0.3, -0.25) is 19.8 Å². The van der Waals surface area contributed by atoms with Crippen molar-refractivity contribution in [2.75, 3.05) is 44.7 Å². The van der Waals surface area contributed by atoms with Gasteiger partial charge in [0.2, 0.25) is 5.91 Å². The van der Waals surface area contributed by atoms with Crippen LogP contribution in [0.2, 0.25) is 0 Å². The molecule has 0 unspecified atom stereocenters. The third kappa shape index (κ3) is 4.17. The summed E-state index contributed by atoms with van der Waals surface area (Å²) >= 11 is 0. The van der Waals surface area contributed by atoms with E-state index in [-0.39, 0.29) is 11.6 Å². The lowest BCUT2D eigenvalue weighted by atomic mass is 10.1. The number of carbonyl (C=O) groups is 1. The number of hydrogen-bond donors (Lipinski definition) is 1. The molecule has 1 aromatic carbocycles. The number of nitro groups is 1. The molecule has 23 heavy (non-hydrogen) atoms. The van der Waals surface area contributed by atoms with Gasteiger partial charge in [-0.1, -0.05) is 0 Å². The fraction of sp³-hybridized carbons (Fsp3) is 0.467. The largest absolute Gasteiger partial charge is 0.369 e. The Kier molecular flexibility index (Phi) is 5.49. The number of rotatable bonds is 4. The van der Waals surface area contributed by atoms with Crippen molar-refractivity contribution in [1.29, 1.82) is 5.26 Å². The molecule has 0 spiro atoms. The van der Waals surface area contributed by atoms with Crippen LogP contribution >= 0.6 is 0 Å². The molecule has 8 nitrogen and oxygen atoms in total. The summed E-state index contributed by atoms with van der Waals surface area (Å²) < 4.78 is 0. The van der Waals surface area contributed by atoms with Crippen LogP contribution in [-0.4, -0.2) is 55.5 Å². The molecular formula is C15H19N5O3. The predicted octanol–water partition coefficient (Wildman–Crippen LogP) is 0.725. The summed E-state index contributed by atoms with van der Waals surface area (Å²) in [6.07, 6.45) is 0.860. The molecule has 0 aromatic heterocycles. The van der Waals surface area contributed by atoms with Crippen LogP contribution in [0.15, 0.2) is 18.2 Å². The minimum Gasteiger partial charge on any atom is -0.369 e. The highest BCUT2D eigenvalue weighted by molar-refractivity contribution is 5.77. The molecule has 0 aliphatic carbocycles. The Labute approximate surface area is 134 Å². The van der Waals surface area contributed by atoms with Crippen LogP contribution in [0, 0.1) is 21.4 Å². The van der Waals surface area contributed by atoms with Gasteiger partial charge in [-0.15, -0.1) is 0 Å². The fourth-order valence-corrected chi connectivity index (χ4v) is 2.65. The maximum Gasteiger partial charge on any atom is 0.270 e. The minimum absolute atomic E-state index is 0.0218. The third-order valence-electron chi connectivity index (χ3n) is 3.89. The molecule has 1 aliphatic heterocycles. The number of nitrogens with one attached hydrogen (secondary N) is 1. The molecule has 0 atom stereocenters. The summed E-state index contributed by atoms with van der Waals surface area (Å²) in [4.78, 5) is 25.9. The first kappa shape index (κ1) is 16.7. The Morgan fingerprint density at radius 3 is 2.83 bits per heavy atom. The highest BCUT2D eigenvalue weighted by atomic mass is 16.6. The van der Waals surface area contributed by atoms with Crippen molar-refractivity contribution in [3.8, 4) is 6.07 Å². The van der Waals surface area contributed by atoms with E-state index in [1.807, 2.05) is 11.0 Å². The van der Waals surface area contributed by atoms with Crippen LogP contribution in [0.5, 0.6) is 0 Å². The normalized spacial score (nSPS) is 15.6. The second kappa shape index (κ2) is 7.56. The summed E-state index contributed by atoms with van der Waals surface area (Å²) in [6, 6.07) is 6.40. The maximum absolute atomic E-state index is 11.5. The van der Waals surface area contributed by atoms with Gasteiger partial charge in [0.05, 0.1) is 22.7 Å². The Hall–Kier alpha value is -2.66. The molecule has 122 valence electrons. The predicted molar refractivity (Wildman–Crippen MR) is 85.1 cm³/mol. The fourth-order valence-electron chi connectivity index (χ4n) is 2.65. The number of nitro benzene ring substituents is 1.